The zero-order chi connectivity index (χ0) is 20.0. The van der Waals surface area contributed by atoms with E-state index in [1.807, 2.05) is 12.1 Å². The number of thioether (sulfide) groups is 1. The van der Waals surface area contributed by atoms with Crippen molar-refractivity contribution in [3.05, 3.63) is 40.3 Å². The number of rotatable bonds is 1. The van der Waals surface area contributed by atoms with Gasteiger partial charge in [0.15, 0.2) is 0 Å². The van der Waals surface area contributed by atoms with Gasteiger partial charge in [0.1, 0.15) is 22.4 Å². The molecule has 4 aliphatic rings. The molecule has 6 nitrogen and oxygen atoms in total. The molecule has 2 aliphatic heterocycles. The van der Waals surface area contributed by atoms with Gasteiger partial charge in [-0.3, -0.25) is 9.59 Å². The highest BCUT2D eigenvalue weighted by molar-refractivity contribution is 8.04. The molecule has 29 heavy (non-hydrogen) atoms. The van der Waals surface area contributed by atoms with Crippen LogP contribution in [0.15, 0.2) is 29.2 Å². The molecule has 0 atom stereocenters. The quantitative estimate of drug-likeness (QED) is 0.652. The topological polar surface area (TPSA) is 72.9 Å². The second-order valence-corrected chi connectivity index (χ2v) is 9.20. The Labute approximate surface area is 173 Å². The van der Waals surface area contributed by atoms with Crippen LogP contribution in [0.25, 0.3) is 5.76 Å². The van der Waals surface area contributed by atoms with E-state index in [2.05, 4.69) is 0 Å². The van der Waals surface area contributed by atoms with Crippen LogP contribution in [-0.4, -0.2) is 53.1 Å². The fourth-order valence-corrected chi connectivity index (χ4v) is 5.84. The van der Waals surface area contributed by atoms with Crippen LogP contribution in [0.5, 0.6) is 0 Å². The molecular formula is C22H23NO5S. The highest BCUT2D eigenvalue weighted by Crippen LogP contribution is 2.47. The Hall–Kier alpha value is -2.28. The van der Waals surface area contributed by atoms with E-state index in [0.717, 1.165) is 25.7 Å². The lowest BCUT2D eigenvalue weighted by Gasteiger charge is -2.45. The average molecular weight is 413 g/mol. The molecule has 1 amide bonds. The van der Waals surface area contributed by atoms with Gasteiger partial charge in [0, 0.05) is 42.8 Å². The summed E-state index contributed by atoms with van der Waals surface area (Å²) in [5, 5.41) is 0. The van der Waals surface area contributed by atoms with E-state index in [9.17, 15) is 14.4 Å². The fourth-order valence-electron chi connectivity index (χ4n) is 4.58. The summed E-state index contributed by atoms with van der Waals surface area (Å²) < 4.78 is 12.1. The number of ketones is 2. The van der Waals surface area contributed by atoms with Gasteiger partial charge >= 0.3 is 6.09 Å². The van der Waals surface area contributed by atoms with Crippen LogP contribution in [0.2, 0.25) is 0 Å². The molecule has 0 unspecified atom stereocenters. The molecule has 7 heteroatoms. The SMILES string of the molecule is O=C1C(=O)c2ccccc2C2=C1SCC1(CCN(C(=O)OC3CCCC3)CC1)O2. The van der Waals surface area contributed by atoms with Gasteiger partial charge in [-0.2, -0.15) is 0 Å². The molecule has 1 aromatic carbocycles. The first-order valence-electron chi connectivity index (χ1n) is 10.3. The summed E-state index contributed by atoms with van der Waals surface area (Å²) in [4.78, 5) is 39.6. The fraction of sp³-hybridized carbons (Fsp3) is 0.500. The van der Waals surface area contributed by atoms with E-state index in [4.69, 9.17) is 9.47 Å². The first-order valence-corrected chi connectivity index (χ1v) is 11.2. The van der Waals surface area contributed by atoms with Crippen molar-refractivity contribution in [3.8, 4) is 0 Å². The molecule has 152 valence electrons. The summed E-state index contributed by atoms with van der Waals surface area (Å²) in [5.74, 6) is 0.203. The number of hydrogen-bond acceptors (Lipinski definition) is 6. The number of fused-ring (bicyclic) bond motifs is 2. The number of allylic oxidation sites excluding steroid dienone is 1. The maximum absolute atomic E-state index is 12.5. The second kappa shape index (κ2) is 7.20. The molecule has 5 rings (SSSR count). The number of Topliss-reactive ketones (excluding diaryl/α,β-unsaturated/α-hetero) is 2. The van der Waals surface area contributed by atoms with Gasteiger partial charge in [0.05, 0.1) is 0 Å². The minimum Gasteiger partial charge on any atom is -0.484 e. The number of piperidine rings is 1. The van der Waals surface area contributed by atoms with E-state index in [0.29, 0.717) is 53.5 Å². The predicted molar refractivity (Wildman–Crippen MR) is 109 cm³/mol. The first kappa shape index (κ1) is 18.7. The Morgan fingerprint density at radius 3 is 2.48 bits per heavy atom. The molecule has 2 heterocycles. The van der Waals surface area contributed by atoms with Gasteiger partial charge in [-0.1, -0.05) is 24.3 Å². The third-order valence-corrected chi connectivity index (χ3v) is 7.67. The van der Waals surface area contributed by atoms with Crippen molar-refractivity contribution in [2.75, 3.05) is 18.8 Å². The van der Waals surface area contributed by atoms with Crippen LogP contribution in [0, 0.1) is 0 Å². The summed E-state index contributed by atoms with van der Waals surface area (Å²) >= 11 is 1.41. The van der Waals surface area contributed by atoms with E-state index < -0.39 is 17.2 Å². The highest BCUT2D eigenvalue weighted by atomic mass is 32.2. The van der Waals surface area contributed by atoms with Crippen molar-refractivity contribution < 1.29 is 23.9 Å². The summed E-state index contributed by atoms with van der Waals surface area (Å²) in [6, 6.07) is 7.12. The van der Waals surface area contributed by atoms with Crippen molar-refractivity contribution >= 4 is 35.2 Å². The van der Waals surface area contributed by atoms with Gasteiger partial charge in [-0.05, 0) is 25.7 Å². The number of carbonyl (C=O) groups is 3. The standard InChI is InChI=1S/C22H23NO5S/c24-17-15-7-3-4-8-16(15)19-20(18(17)25)29-13-22(28-19)9-11-23(12-10-22)21(26)27-14-5-1-2-6-14/h3-4,7-8,14H,1-2,5-6,9-13H2. The van der Waals surface area contributed by atoms with E-state index in [-0.39, 0.29) is 12.2 Å². The van der Waals surface area contributed by atoms with Crippen molar-refractivity contribution in [2.45, 2.75) is 50.2 Å². The molecule has 1 saturated carbocycles. The zero-order valence-electron chi connectivity index (χ0n) is 16.1. The van der Waals surface area contributed by atoms with Crippen LogP contribution in [0.4, 0.5) is 4.79 Å². The van der Waals surface area contributed by atoms with Crippen LogP contribution >= 0.6 is 11.8 Å². The van der Waals surface area contributed by atoms with Crippen LogP contribution in [0.3, 0.4) is 0 Å². The molecule has 0 aromatic heterocycles. The van der Waals surface area contributed by atoms with Gasteiger partial charge in [0.25, 0.3) is 0 Å². The lowest BCUT2D eigenvalue weighted by atomic mass is 9.90. The second-order valence-electron chi connectivity index (χ2n) is 8.21. The zero-order valence-corrected chi connectivity index (χ0v) is 17.0. The predicted octanol–water partition coefficient (Wildman–Crippen LogP) is 3.80. The Morgan fingerprint density at radius 1 is 1.07 bits per heavy atom. The summed E-state index contributed by atoms with van der Waals surface area (Å²) in [7, 11) is 0. The lowest BCUT2D eigenvalue weighted by Crippen LogP contribution is -2.51. The molecule has 0 bridgehead atoms. The largest absolute Gasteiger partial charge is 0.484 e. The highest BCUT2D eigenvalue weighted by Gasteiger charge is 2.46. The van der Waals surface area contributed by atoms with Gasteiger partial charge in [0.2, 0.25) is 11.6 Å². The minimum atomic E-state index is -0.476. The number of hydrogen-bond donors (Lipinski definition) is 0. The number of ether oxygens (including phenoxy) is 2. The first-order chi connectivity index (χ1) is 14.1. The summed E-state index contributed by atoms with van der Waals surface area (Å²) in [6.45, 7) is 1.15. The molecule has 0 N–H and O–H groups in total. The molecule has 1 spiro atoms. The van der Waals surface area contributed by atoms with Crippen LogP contribution < -0.4 is 0 Å². The molecule has 2 aliphatic carbocycles. The third kappa shape index (κ3) is 3.25. The molecule has 1 aromatic rings. The van der Waals surface area contributed by atoms with Crippen molar-refractivity contribution in [1.29, 1.82) is 0 Å². The number of likely N-dealkylation sites (tertiary alicyclic amines) is 1. The van der Waals surface area contributed by atoms with E-state index in [1.54, 1.807) is 17.0 Å². The lowest BCUT2D eigenvalue weighted by molar-refractivity contribution is -0.111. The number of nitrogens with zero attached hydrogens (tertiary/aromatic N) is 1. The van der Waals surface area contributed by atoms with Gasteiger partial charge < -0.3 is 14.4 Å². The van der Waals surface area contributed by atoms with E-state index in [1.165, 1.54) is 11.8 Å². The Morgan fingerprint density at radius 2 is 1.76 bits per heavy atom. The number of amides is 1. The monoisotopic (exact) mass is 413 g/mol. The molecule has 0 radical (unpaired) electrons. The Balaban J connectivity index is 1.31. The van der Waals surface area contributed by atoms with Gasteiger partial charge in [-0.25, -0.2) is 4.79 Å². The minimum absolute atomic E-state index is 0.0647. The summed E-state index contributed by atoms with van der Waals surface area (Å²) in [6.07, 6.45) is 5.40. The van der Waals surface area contributed by atoms with Crippen molar-refractivity contribution in [2.24, 2.45) is 0 Å². The molecule has 1 saturated heterocycles. The number of carbonyl (C=O) groups excluding carboxylic acids is 3. The average Bonchev–Trinajstić information content (AvgIpc) is 3.25. The maximum Gasteiger partial charge on any atom is 0.410 e. The Kier molecular flexibility index (Phi) is 4.65. The maximum atomic E-state index is 12.5. The van der Waals surface area contributed by atoms with Crippen LogP contribution in [0.1, 0.15) is 54.4 Å². The van der Waals surface area contributed by atoms with Crippen molar-refractivity contribution in [1.82, 2.24) is 4.90 Å². The van der Waals surface area contributed by atoms with Crippen molar-refractivity contribution in [3.63, 3.8) is 0 Å². The van der Waals surface area contributed by atoms with E-state index >= 15 is 0 Å². The Bertz CT molecular complexity index is 910. The van der Waals surface area contributed by atoms with Gasteiger partial charge in [-0.15, -0.1) is 11.8 Å². The number of benzene rings is 1. The summed E-state index contributed by atoms with van der Waals surface area (Å²) in [5.41, 5.74) is 0.676. The third-order valence-electron chi connectivity index (χ3n) is 6.34. The smallest absolute Gasteiger partial charge is 0.410 e. The normalized spacial score (nSPS) is 23.7. The van der Waals surface area contributed by atoms with Crippen LogP contribution in [-0.2, 0) is 14.3 Å². The molecular weight excluding hydrogens is 390 g/mol. The molecule has 2 fully saturated rings.